The van der Waals surface area contributed by atoms with Crippen LogP contribution in [0, 0.1) is 23.2 Å². The molecule has 0 spiro atoms. The van der Waals surface area contributed by atoms with E-state index in [1.165, 1.54) is 6.21 Å². The fourth-order valence-electron chi connectivity index (χ4n) is 6.15. The Kier molecular flexibility index (Phi) is 6.38. The van der Waals surface area contributed by atoms with Gasteiger partial charge in [-0.3, -0.25) is 29.4 Å². The van der Waals surface area contributed by atoms with Gasteiger partial charge in [0.1, 0.15) is 6.04 Å². The minimum atomic E-state index is -0.616. The molecule has 2 aliphatic heterocycles. The second-order valence-electron chi connectivity index (χ2n) is 11.6. The van der Waals surface area contributed by atoms with Crippen molar-refractivity contribution in [3.05, 3.63) is 64.6 Å². The number of hydrogen-bond acceptors (Lipinski definition) is 7. The summed E-state index contributed by atoms with van der Waals surface area (Å²) in [6.07, 6.45) is 9.91. The van der Waals surface area contributed by atoms with Crippen molar-refractivity contribution < 1.29 is 14.4 Å². The van der Waals surface area contributed by atoms with E-state index in [-0.39, 0.29) is 24.2 Å². The summed E-state index contributed by atoms with van der Waals surface area (Å²) in [5, 5.41) is 18.1. The fraction of sp³-hybridized carbons (Fsp3) is 0.375. The molecule has 10 heteroatoms. The van der Waals surface area contributed by atoms with E-state index in [4.69, 9.17) is 10.5 Å². The van der Waals surface area contributed by atoms with Gasteiger partial charge in [0.25, 0.3) is 5.91 Å². The largest absolute Gasteiger partial charge is 0.387 e. The number of pyridine rings is 1. The van der Waals surface area contributed by atoms with Gasteiger partial charge in [0.2, 0.25) is 11.8 Å². The number of imide groups is 1. The summed E-state index contributed by atoms with van der Waals surface area (Å²) in [7, 11) is 1.85. The molecule has 1 aromatic carbocycles. The zero-order valence-electron chi connectivity index (χ0n) is 23.3. The highest BCUT2D eigenvalue weighted by Gasteiger charge is 2.39. The first-order valence-corrected chi connectivity index (χ1v) is 14.5. The van der Waals surface area contributed by atoms with Crippen LogP contribution in [0.2, 0.25) is 0 Å². The highest BCUT2D eigenvalue weighted by molar-refractivity contribution is 6.05. The SMILES string of the molecule is CNc1cc(-c2cn(C3CC(C#Cc4ccc5c(c4)CN(C4CCC(=O)NC4=O)C5=O)C3)nc2C2CC2)ncc1C=N. The molecule has 212 valence electrons. The van der Waals surface area contributed by atoms with E-state index >= 15 is 0 Å². The Labute approximate surface area is 243 Å². The molecule has 4 aliphatic rings. The van der Waals surface area contributed by atoms with Gasteiger partial charge in [0.05, 0.1) is 17.4 Å². The molecule has 7 rings (SSSR count). The summed E-state index contributed by atoms with van der Waals surface area (Å²) in [5.74, 6) is 6.59. The average molecular weight is 562 g/mol. The van der Waals surface area contributed by atoms with Crippen LogP contribution < -0.4 is 10.6 Å². The molecule has 3 amide bonds. The molecule has 2 aliphatic carbocycles. The summed E-state index contributed by atoms with van der Waals surface area (Å²) < 4.78 is 2.09. The normalized spacial score (nSPS) is 23.0. The van der Waals surface area contributed by atoms with Gasteiger partial charge in [-0.15, -0.1) is 0 Å². The highest BCUT2D eigenvalue weighted by Crippen LogP contribution is 2.45. The Morgan fingerprint density at radius 2 is 1.95 bits per heavy atom. The standard InChI is InChI=1S/C32H31N7O3/c1-34-26-13-27(35-15-22(26)14-33)25-17-39(37-30(25)20-5-6-20)23-11-19(12-23)3-2-18-4-7-24-21(10-18)16-38(32(24)42)28-8-9-29(40)36-31(28)41/h4,7,10,13-15,17,19-20,23,28,33H,5-6,8-9,11-12,16H2,1H3,(H,34,35)(H,36,40,41). The topological polar surface area (TPSA) is 133 Å². The van der Waals surface area contributed by atoms with E-state index in [2.05, 4.69) is 38.3 Å². The van der Waals surface area contributed by atoms with Crippen molar-refractivity contribution in [3.8, 4) is 23.1 Å². The molecule has 42 heavy (non-hydrogen) atoms. The molecule has 4 heterocycles. The fourth-order valence-corrected chi connectivity index (χ4v) is 6.15. The van der Waals surface area contributed by atoms with E-state index in [9.17, 15) is 14.4 Å². The first kappa shape index (κ1) is 26.1. The molecule has 3 aromatic rings. The Morgan fingerprint density at radius 1 is 1.12 bits per heavy atom. The number of nitrogens with zero attached hydrogens (tertiary/aromatic N) is 4. The first-order valence-electron chi connectivity index (χ1n) is 14.5. The number of nitrogens with one attached hydrogen (secondary N) is 3. The minimum absolute atomic E-state index is 0.173. The second kappa shape index (κ2) is 10.2. The number of fused-ring (bicyclic) bond motifs is 1. The minimum Gasteiger partial charge on any atom is -0.387 e. The quantitative estimate of drug-likeness (QED) is 0.239. The summed E-state index contributed by atoms with van der Waals surface area (Å²) in [5.41, 5.74) is 7.00. The lowest BCUT2D eigenvalue weighted by Crippen LogP contribution is -2.52. The molecular formula is C32H31N7O3. The molecule has 3 N–H and O–H groups in total. The third-order valence-corrected chi connectivity index (χ3v) is 8.79. The third-order valence-electron chi connectivity index (χ3n) is 8.79. The molecule has 3 fully saturated rings. The lowest BCUT2D eigenvalue weighted by Gasteiger charge is -2.32. The maximum Gasteiger partial charge on any atom is 0.255 e. The zero-order chi connectivity index (χ0) is 29.0. The van der Waals surface area contributed by atoms with Crippen molar-refractivity contribution in [2.24, 2.45) is 5.92 Å². The van der Waals surface area contributed by atoms with Crippen molar-refractivity contribution >= 4 is 29.6 Å². The third kappa shape index (κ3) is 4.65. The van der Waals surface area contributed by atoms with Gasteiger partial charge < -0.3 is 15.6 Å². The van der Waals surface area contributed by atoms with Crippen LogP contribution in [0.15, 0.2) is 36.7 Å². The van der Waals surface area contributed by atoms with Crippen LogP contribution in [-0.2, 0) is 16.1 Å². The number of amides is 3. The van der Waals surface area contributed by atoms with E-state index in [0.29, 0.717) is 30.5 Å². The Balaban J connectivity index is 1.03. The Hall–Kier alpha value is -4.78. The second-order valence-corrected chi connectivity index (χ2v) is 11.6. The van der Waals surface area contributed by atoms with Crippen LogP contribution >= 0.6 is 0 Å². The van der Waals surface area contributed by atoms with Crippen molar-refractivity contribution in [3.63, 3.8) is 0 Å². The van der Waals surface area contributed by atoms with Crippen molar-refractivity contribution in [1.29, 1.82) is 5.41 Å². The van der Waals surface area contributed by atoms with Gasteiger partial charge >= 0.3 is 0 Å². The first-order chi connectivity index (χ1) is 20.4. The van der Waals surface area contributed by atoms with Gasteiger partial charge in [-0.05, 0) is 61.9 Å². The van der Waals surface area contributed by atoms with Crippen LogP contribution in [0.25, 0.3) is 11.3 Å². The number of anilines is 1. The average Bonchev–Trinajstić information content (AvgIpc) is 3.65. The number of carbonyl (C=O) groups excluding carboxylic acids is 3. The molecule has 2 saturated carbocycles. The summed E-state index contributed by atoms with van der Waals surface area (Å²) >= 11 is 0. The predicted molar refractivity (Wildman–Crippen MR) is 156 cm³/mol. The lowest BCUT2D eigenvalue weighted by molar-refractivity contribution is -0.136. The number of rotatable bonds is 6. The molecule has 0 radical (unpaired) electrons. The predicted octanol–water partition coefficient (Wildman–Crippen LogP) is 3.63. The van der Waals surface area contributed by atoms with E-state index in [0.717, 1.165) is 65.0 Å². The van der Waals surface area contributed by atoms with Crippen molar-refractivity contribution in [2.75, 3.05) is 12.4 Å². The number of piperidine rings is 1. The molecular weight excluding hydrogens is 530 g/mol. The monoisotopic (exact) mass is 561 g/mol. The zero-order valence-corrected chi connectivity index (χ0v) is 23.3. The van der Waals surface area contributed by atoms with Crippen LogP contribution in [0.1, 0.15) is 83.2 Å². The maximum absolute atomic E-state index is 13.0. The molecule has 0 bridgehead atoms. The van der Waals surface area contributed by atoms with Crippen LogP contribution in [0.4, 0.5) is 5.69 Å². The van der Waals surface area contributed by atoms with Gasteiger partial charge in [0.15, 0.2) is 0 Å². The Morgan fingerprint density at radius 3 is 2.69 bits per heavy atom. The summed E-state index contributed by atoms with van der Waals surface area (Å²) in [6.45, 7) is 0.348. The molecule has 1 saturated heterocycles. The number of carbonyl (C=O) groups is 3. The maximum atomic E-state index is 13.0. The molecule has 1 unspecified atom stereocenters. The number of benzene rings is 1. The molecule has 10 nitrogen and oxygen atoms in total. The van der Waals surface area contributed by atoms with Crippen molar-refractivity contribution in [1.82, 2.24) is 25.0 Å². The van der Waals surface area contributed by atoms with Gasteiger partial charge in [-0.25, -0.2) is 0 Å². The van der Waals surface area contributed by atoms with Gasteiger partial charge in [-0.2, -0.15) is 5.10 Å². The van der Waals surface area contributed by atoms with E-state index < -0.39 is 11.9 Å². The van der Waals surface area contributed by atoms with Crippen LogP contribution in [0.3, 0.4) is 0 Å². The summed E-state index contributed by atoms with van der Waals surface area (Å²) in [6, 6.07) is 7.28. The summed E-state index contributed by atoms with van der Waals surface area (Å²) in [4.78, 5) is 43.0. The lowest BCUT2D eigenvalue weighted by atomic mass is 9.80. The van der Waals surface area contributed by atoms with E-state index in [1.807, 2.05) is 25.2 Å². The number of hydrogen-bond donors (Lipinski definition) is 3. The van der Waals surface area contributed by atoms with Crippen molar-refractivity contribution in [2.45, 2.75) is 63.1 Å². The van der Waals surface area contributed by atoms with Gasteiger partial charge in [-0.1, -0.05) is 11.8 Å². The van der Waals surface area contributed by atoms with E-state index in [1.54, 1.807) is 17.2 Å². The smallest absolute Gasteiger partial charge is 0.255 e. The van der Waals surface area contributed by atoms with Crippen LogP contribution in [0.5, 0.6) is 0 Å². The Bertz CT molecular complexity index is 1700. The molecule has 1 atom stereocenters. The van der Waals surface area contributed by atoms with Crippen LogP contribution in [-0.4, -0.2) is 56.7 Å². The highest BCUT2D eigenvalue weighted by atomic mass is 16.2. The number of aromatic nitrogens is 3. The molecule has 2 aromatic heterocycles. The van der Waals surface area contributed by atoms with Gasteiger partial charge in [0, 0.05) is 78.4 Å².